The second kappa shape index (κ2) is 5.29. The van der Waals surface area contributed by atoms with Crippen molar-refractivity contribution in [2.75, 3.05) is 11.4 Å². The number of fused-ring (bicyclic) bond motifs is 1. The van der Waals surface area contributed by atoms with E-state index in [0.29, 0.717) is 17.0 Å². The molecule has 2 rings (SSSR count). The number of rotatable bonds is 3. The molecule has 5 heteroatoms. The van der Waals surface area contributed by atoms with Crippen molar-refractivity contribution in [3.05, 3.63) is 23.8 Å². The van der Waals surface area contributed by atoms with E-state index in [-0.39, 0.29) is 25.0 Å². The summed E-state index contributed by atoms with van der Waals surface area (Å²) in [5.74, 6) is 0.362. The van der Waals surface area contributed by atoms with Gasteiger partial charge in [-0.15, -0.1) is 0 Å². The zero-order chi connectivity index (χ0) is 14.0. The number of nitriles is 1. The van der Waals surface area contributed by atoms with Crippen molar-refractivity contribution in [3.63, 3.8) is 0 Å². The third kappa shape index (κ3) is 2.40. The van der Waals surface area contributed by atoms with Gasteiger partial charge in [0, 0.05) is 0 Å². The second-order valence-corrected chi connectivity index (χ2v) is 4.83. The highest BCUT2D eigenvalue weighted by Gasteiger charge is 2.36. The molecule has 0 bridgehead atoms. The maximum atomic E-state index is 12.3. The van der Waals surface area contributed by atoms with Crippen LogP contribution in [0.4, 0.5) is 5.69 Å². The molecule has 0 aromatic heterocycles. The lowest BCUT2D eigenvalue weighted by Crippen LogP contribution is -2.48. The highest BCUT2D eigenvalue weighted by Crippen LogP contribution is 2.36. The Labute approximate surface area is 112 Å². The molecule has 0 saturated carbocycles. The first kappa shape index (κ1) is 13.4. The number of aliphatic hydroxyl groups excluding tert-OH is 1. The third-order valence-electron chi connectivity index (χ3n) is 3.10. The highest BCUT2D eigenvalue weighted by molar-refractivity contribution is 6.00. The van der Waals surface area contributed by atoms with Gasteiger partial charge < -0.3 is 9.84 Å². The zero-order valence-electron chi connectivity index (χ0n) is 11.0. The molecule has 1 aliphatic heterocycles. The molecule has 0 aliphatic carbocycles. The van der Waals surface area contributed by atoms with Gasteiger partial charge in [0.1, 0.15) is 12.3 Å². The maximum absolute atomic E-state index is 12.3. The summed E-state index contributed by atoms with van der Waals surface area (Å²) in [7, 11) is 0. The number of carbonyl (C=O) groups excluding carboxylic acids is 1. The van der Waals surface area contributed by atoms with Crippen LogP contribution in [0, 0.1) is 17.2 Å². The van der Waals surface area contributed by atoms with Crippen LogP contribution in [0.3, 0.4) is 0 Å². The number of ether oxygens (including phenoxy) is 1. The Morgan fingerprint density at radius 3 is 2.84 bits per heavy atom. The molecule has 0 spiro atoms. The van der Waals surface area contributed by atoms with Crippen molar-refractivity contribution in [3.8, 4) is 11.8 Å². The molecular weight excluding hydrogens is 244 g/mol. The fourth-order valence-corrected chi connectivity index (χ4v) is 2.09. The molecule has 5 nitrogen and oxygen atoms in total. The lowest BCUT2D eigenvalue weighted by atomic mass is 10.0. The summed E-state index contributed by atoms with van der Waals surface area (Å²) in [5.41, 5.74) is 1.30. The molecule has 100 valence electrons. The molecule has 1 amide bonds. The average molecular weight is 260 g/mol. The van der Waals surface area contributed by atoms with E-state index in [9.17, 15) is 4.79 Å². The van der Waals surface area contributed by atoms with Crippen LogP contribution in [0.15, 0.2) is 18.2 Å². The Morgan fingerprint density at radius 1 is 1.53 bits per heavy atom. The molecule has 19 heavy (non-hydrogen) atoms. The van der Waals surface area contributed by atoms with Crippen molar-refractivity contribution in [1.29, 1.82) is 5.26 Å². The Kier molecular flexibility index (Phi) is 3.72. The van der Waals surface area contributed by atoms with E-state index in [2.05, 4.69) is 0 Å². The summed E-state index contributed by atoms with van der Waals surface area (Å²) in [4.78, 5) is 13.7. The first-order chi connectivity index (χ1) is 9.08. The van der Waals surface area contributed by atoms with E-state index in [4.69, 9.17) is 15.1 Å². The highest BCUT2D eigenvalue weighted by atomic mass is 16.5. The van der Waals surface area contributed by atoms with Gasteiger partial charge in [-0.2, -0.15) is 5.26 Å². The number of benzene rings is 1. The van der Waals surface area contributed by atoms with Gasteiger partial charge in [-0.05, 0) is 23.6 Å². The average Bonchev–Trinajstić information content (AvgIpc) is 2.40. The summed E-state index contributed by atoms with van der Waals surface area (Å²) in [6.07, 6.45) is -0.588. The molecule has 1 N–H and O–H groups in total. The number of amides is 1. The van der Waals surface area contributed by atoms with Crippen LogP contribution in [0.25, 0.3) is 0 Å². The molecule has 0 fully saturated rings. The van der Waals surface area contributed by atoms with E-state index in [1.54, 1.807) is 18.2 Å². The minimum absolute atomic E-state index is 0.00309. The lowest BCUT2D eigenvalue weighted by molar-refractivity contribution is -0.128. The van der Waals surface area contributed by atoms with Gasteiger partial charge in [-0.1, -0.05) is 19.9 Å². The number of hydrogen-bond acceptors (Lipinski definition) is 4. The molecule has 0 saturated heterocycles. The largest absolute Gasteiger partial charge is 0.478 e. The molecular formula is C14H16N2O3. The minimum atomic E-state index is -0.588. The van der Waals surface area contributed by atoms with Crippen LogP contribution in [0.1, 0.15) is 19.4 Å². The smallest absolute Gasteiger partial charge is 0.269 e. The van der Waals surface area contributed by atoms with Crippen LogP contribution in [0.5, 0.6) is 5.75 Å². The predicted octanol–water partition coefficient (Wildman–Crippen LogP) is 1.45. The summed E-state index contributed by atoms with van der Waals surface area (Å²) >= 11 is 0. The van der Waals surface area contributed by atoms with E-state index in [1.165, 1.54) is 4.90 Å². The summed E-state index contributed by atoms with van der Waals surface area (Å²) in [6.45, 7) is 3.70. The molecule has 1 atom stereocenters. The molecule has 0 radical (unpaired) electrons. The van der Waals surface area contributed by atoms with Crippen molar-refractivity contribution in [2.24, 2.45) is 5.92 Å². The number of hydrogen-bond donors (Lipinski definition) is 1. The Balaban J connectivity index is 2.46. The second-order valence-electron chi connectivity index (χ2n) is 4.83. The van der Waals surface area contributed by atoms with Crippen LogP contribution >= 0.6 is 0 Å². The van der Waals surface area contributed by atoms with E-state index in [1.807, 2.05) is 19.9 Å². The van der Waals surface area contributed by atoms with Crippen LogP contribution in [-0.2, 0) is 11.4 Å². The van der Waals surface area contributed by atoms with Gasteiger partial charge in [0.15, 0.2) is 6.10 Å². The molecule has 1 heterocycles. The predicted molar refractivity (Wildman–Crippen MR) is 69.6 cm³/mol. The Morgan fingerprint density at radius 2 is 2.26 bits per heavy atom. The quantitative estimate of drug-likeness (QED) is 0.835. The number of aliphatic hydroxyl groups is 1. The van der Waals surface area contributed by atoms with Crippen LogP contribution < -0.4 is 9.64 Å². The van der Waals surface area contributed by atoms with Gasteiger partial charge in [0.25, 0.3) is 5.91 Å². The first-order valence-corrected chi connectivity index (χ1v) is 6.17. The Hall–Kier alpha value is -2.06. The number of anilines is 1. The molecule has 1 aliphatic rings. The lowest BCUT2D eigenvalue weighted by Gasteiger charge is -2.34. The maximum Gasteiger partial charge on any atom is 0.269 e. The monoisotopic (exact) mass is 260 g/mol. The number of nitrogens with zero attached hydrogens (tertiary/aromatic N) is 2. The van der Waals surface area contributed by atoms with Crippen LogP contribution in [-0.4, -0.2) is 23.7 Å². The fourth-order valence-electron chi connectivity index (χ4n) is 2.09. The molecule has 1 aromatic rings. The van der Waals surface area contributed by atoms with E-state index < -0.39 is 6.10 Å². The Bertz CT molecular complexity index is 534. The topological polar surface area (TPSA) is 73.6 Å². The normalized spacial score (nSPS) is 17.9. The summed E-state index contributed by atoms with van der Waals surface area (Å²) < 4.78 is 5.71. The standard InChI is InChI=1S/C14H16N2O3/c1-9(2)13-14(18)16(6-5-15)11-4-3-10(8-17)7-12(11)19-13/h3-4,7,9,13,17H,6,8H2,1-2H3. The first-order valence-electron chi connectivity index (χ1n) is 6.17. The van der Waals surface area contributed by atoms with Crippen molar-refractivity contribution >= 4 is 11.6 Å². The van der Waals surface area contributed by atoms with Crippen molar-refractivity contribution < 1.29 is 14.6 Å². The fraction of sp³-hybridized carbons (Fsp3) is 0.429. The van der Waals surface area contributed by atoms with E-state index >= 15 is 0 Å². The van der Waals surface area contributed by atoms with Crippen molar-refractivity contribution in [2.45, 2.75) is 26.6 Å². The van der Waals surface area contributed by atoms with Crippen LogP contribution in [0.2, 0.25) is 0 Å². The van der Waals surface area contributed by atoms with Gasteiger partial charge >= 0.3 is 0 Å². The zero-order valence-corrected chi connectivity index (χ0v) is 11.0. The third-order valence-corrected chi connectivity index (χ3v) is 3.10. The molecule has 1 unspecified atom stereocenters. The van der Waals surface area contributed by atoms with Gasteiger partial charge in [-0.25, -0.2) is 0 Å². The minimum Gasteiger partial charge on any atom is -0.478 e. The van der Waals surface area contributed by atoms with Gasteiger partial charge in [0.05, 0.1) is 18.4 Å². The number of carbonyl (C=O) groups is 1. The van der Waals surface area contributed by atoms with Gasteiger partial charge in [-0.3, -0.25) is 9.69 Å². The van der Waals surface area contributed by atoms with Crippen molar-refractivity contribution in [1.82, 2.24) is 0 Å². The van der Waals surface area contributed by atoms with E-state index in [0.717, 1.165) is 0 Å². The molecule has 1 aromatic carbocycles. The van der Waals surface area contributed by atoms with Gasteiger partial charge in [0.2, 0.25) is 0 Å². The SMILES string of the molecule is CC(C)C1Oc2cc(CO)ccc2N(CC#N)C1=O. The summed E-state index contributed by atoms with van der Waals surface area (Å²) in [6, 6.07) is 7.13. The summed E-state index contributed by atoms with van der Waals surface area (Å²) in [5, 5.41) is 18.0.